The Morgan fingerprint density at radius 1 is 1.17 bits per heavy atom. The highest BCUT2D eigenvalue weighted by Gasteiger charge is 2.32. The molecule has 4 rings (SSSR count). The van der Waals surface area contributed by atoms with Crippen molar-refractivity contribution in [3.8, 4) is 0 Å². The number of hydrogen-bond donors (Lipinski definition) is 2. The van der Waals surface area contributed by atoms with E-state index in [9.17, 15) is 9.90 Å². The van der Waals surface area contributed by atoms with Crippen molar-refractivity contribution in [2.45, 2.75) is 31.5 Å². The van der Waals surface area contributed by atoms with Crippen LogP contribution in [0.1, 0.15) is 46.1 Å². The van der Waals surface area contributed by atoms with Crippen LogP contribution < -0.4 is 5.32 Å². The third-order valence-corrected chi connectivity index (χ3v) is 6.98. The van der Waals surface area contributed by atoms with E-state index in [-0.39, 0.29) is 11.9 Å². The van der Waals surface area contributed by atoms with Gasteiger partial charge < -0.3 is 20.1 Å². The number of halogens is 1. The molecule has 0 radical (unpaired) electrons. The van der Waals surface area contributed by atoms with Crippen molar-refractivity contribution in [2.75, 3.05) is 20.8 Å². The Hall–Kier alpha value is -3.00. The average molecular weight is 536 g/mol. The zero-order chi connectivity index (χ0) is 24.9. The molecule has 3 aromatic rings. The number of carbonyl (C=O) groups excluding carboxylic acids is 1. The number of rotatable bonds is 7. The second-order valence-corrected chi connectivity index (χ2v) is 9.68. The molecule has 0 saturated carbocycles. The van der Waals surface area contributed by atoms with Crippen LogP contribution in [0.15, 0.2) is 82.3 Å². The molecule has 3 aromatic carbocycles. The molecular weight excluding hydrogens is 506 g/mol. The van der Waals surface area contributed by atoms with E-state index in [0.717, 1.165) is 32.7 Å². The van der Waals surface area contributed by atoms with Gasteiger partial charge in [-0.3, -0.25) is 4.79 Å². The van der Waals surface area contributed by atoms with Crippen molar-refractivity contribution < 1.29 is 14.6 Å². The fourth-order valence-corrected chi connectivity index (χ4v) is 4.70. The van der Waals surface area contributed by atoms with Crippen LogP contribution >= 0.6 is 15.9 Å². The predicted octanol–water partition coefficient (Wildman–Crippen LogP) is 5.21. The van der Waals surface area contributed by atoms with Gasteiger partial charge >= 0.3 is 0 Å². The van der Waals surface area contributed by atoms with Crippen molar-refractivity contribution in [3.63, 3.8) is 0 Å². The molecule has 0 unspecified atom stereocenters. The smallest absolute Gasteiger partial charge is 0.251 e. The molecule has 0 heterocycles. The Balaban J connectivity index is 1.56. The van der Waals surface area contributed by atoms with Crippen molar-refractivity contribution in [1.29, 1.82) is 0 Å². The SMILES string of the molecule is COC[C@@H](c1ccccc1)N(C)C(C)=Nc1ccc2c(c1)[C@@H](NC(=O)c1ccc(Br)cc1)[C@H](O)C2. The molecule has 1 aliphatic rings. The molecule has 1 amide bonds. The minimum Gasteiger partial charge on any atom is -0.390 e. The lowest BCUT2D eigenvalue weighted by molar-refractivity contribution is 0.0858. The van der Waals surface area contributed by atoms with E-state index >= 15 is 0 Å². The third kappa shape index (κ3) is 5.81. The van der Waals surface area contributed by atoms with Gasteiger partial charge in [-0.2, -0.15) is 0 Å². The summed E-state index contributed by atoms with van der Waals surface area (Å²) in [7, 11) is 3.71. The van der Waals surface area contributed by atoms with Gasteiger partial charge in [-0.1, -0.05) is 52.3 Å². The Kier molecular flexibility index (Phi) is 8.00. The summed E-state index contributed by atoms with van der Waals surface area (Å²) >= 11 is 3.39. The number of amidine groups is 1. The van der Waals surface area contributed by atoms with Crippen molar-refractivity contribution >= 4 is 33.4 Å². The Labute approximate surface area is 214 Å². The topological polar surface area (TPSA) is 74.2 Å². The van der Waals surface area contributed by atoms with Crippen LogP contribution in [0.25, 0.3) is 0 Å². The van der Waals surface area contributed by atoms with Crippen LogP contribution in [0.4, 0.5) is 5.69 Å². The number of aliphatic imine (C=N–C) groups is 1. The molecule has 7 heteroatoms. The molecule has 0 spiro atoms. The molecule has 2 N–H and O–H groups in total. The van der Waals surface area contributed by atoms with Gasteiger partial charge in [0.05, 0.1) is 30.5 Å². The minimum atomic E-state index is -0.684. The summed E-state index contributed by atoms with van der Waals surface area (Å²) in [6, 6.07) is 22.8. The van der Waals surface area contributed by atoms with E-state index < -0.39 is 12.1 Å². The summed E-state index contributed by atoms with van der Waals surface area (Å²) in [6.45, 7) is 2.51. The Bertz CT molecular complexity index is 1200. The Morgan fingerprint density at radius 2 is 1.89 bits per heavy atom. The second kappa shape index (κ2) is 11.2. The van der Waals surface area contributed by atoms with E-state index in [1.807, 2.05) is 62.5 Å². The number of aliphatic hydroxyl groups is 1. The number of methoxy groups -OCH3 is 1. The molecular formula is C28H30BrN3O3. The van der Waals surface area contributed by atoms with Gasteiger partial charge in [0.25, 0.3) is 5.91 Å². The molecule has 3 atom stereocenters. The highest BCUT2D eigenvalue weighted by atomic mass is 79.9. The maximum absolute atomic E-state index is 12.8. The number of likely N-dealkylation sites (N-methyl/N-ethyl adjacent to an activating group) is 1. The zero-order valence-electron chi connectivity index (χ0n) is 20.1. The first-order chi connectivity index (χ1) is 16.9. The summed E-state index contributed by atoms with van der Waals surface area (Å²) in [4.78, 5) is 19.8. The molecule has 0 fully saturated rings. The predicted molar refractivity (Wildman–Crippen MR) is 142 cm³/mol. The first-order valence-electron chi connectivity index (χ1n) is 11.6. The minimum absolute atomic E-state index is 0.0270. The van der Waals surface area contributed by atoms with E-state index in [1.165, 1.54) is 0 Å². The number of fused-ring (bicyclic) bond motifs is 1. The van der Waals surface area contributed by atoms with Crippen LogP contribution in [0.5, 0.6) is 0 Å². The van der Waals surface area contributed by atoms with Gasteiger partial charge in [0.1, 0.15) is 5.84 Å². The van der Waals surface area contributed by atoms with Gasteiger partial charge in [-0.15, -0.1) is 0 Å². The highest BCUT2D eigenvalue weighted by Crippen LogP contribution is 2.35. The monoisotopic (exact) mass is 535 g/mol. The van der Waals surface area contributed by atoms with Gasteiger partial charge in [-0.25, -0.2) is 4.99 Å². The fourth-order valence-electron chi connectivity index (χ4n) is 4.43. The number of nitrogens with zero attached hydrogens (tertiary/aromatic N) is 2. The molecule has 1 aliphatic carbocycles. The summed E-state index contributed by atoms with van der Waals surface area (Å²) in [5.41, 5.74) is 4.39. The molecule has 0 aromatic heterocycles. The molecule has 35 heavy (non-hydrogen) atoms. The van der Waals surface area contributed by atoms with Crippen LogP contribution in [-0.2, 0) is 11.2 Å². The first kappa shape index (κ1) is 25.1. The molecule has 0 saturated heterocycles. The summed E-state index contributed by atoms with van der Waals surface area (Å²) in [5, 5.41) is 13.7. The number of benzene rings is 3. The average Bonchev–Trinajstić information content (AvgIpc) is 3.17. The number of aliphatic hydroxyl groups excluding tert-OH is 1. The maximum Gasteiger partial charge on any atom is 0.251 e. The van der Waals surface area contributed by atoms with E-state index in [1.54, 1.807) is 19.2 Å². The highest BCUT2D eigenvalue weighted by molar-refractivity contribution is 9.10. The van der Waals surface area contributed by atoms with Crippen LogP contribution in [0, 0.1) is 0 Å². The summed E-state index contributed by atoms with van der Waals surface area (Å²) in [6.07, 6.45) is -0.190. The number of nitrogens with one attached hydrogen (secondary N) is 1. The molecule has 6 nitrogen and oxygen atoms in total. The normalized spacial score (nSPS) is 18.1. The largest absolute Gasteiger partial charge is 0.390 e. The number of hydrogen-bond acceptors (Lipinski definition) is 4. The van der Waals surface area contributed by atoms with Gasteiger partial charge in [-0.05, 0) is 60.0 Å². The Morgan fingerprint density at radius 3 is 2.57 bits per heavy atom. The molecule has 0 bridgehead atoms. The van der Waals surface area contributed by atoms with Crippen molar-refractivity contribution in [3.05, 3.63) is 99.5 Å². The lowest BCUT2D eigenvalue weighted by Gasteiger charge is -2.29. The first-order valence-corrected chi connectivity index (χ1v) is 12.4. The molecule has 0 aliphatic heterocycles. The zero-order valence-corrected chi connectivity index (χ0v) is 21.7. The third-order valence-electron chi connectivity index (χ3n) is 6.45. The van der Waals surface area contributed by atoms with Crippen LogP contribution in [-0.4, -0.2) is 48.6 Å². The fraction of sp³-hybridized carbons (Fsp3) is 0.286. The lowest BCUT2D eigenvalue weighted by Crippen LogP contribution is -2.33. The number of amides is 1. The molecule has 182 valence electrons. The second-order valence-electron chi connectivity index (χ2n) is 8.76. The van der Waals surface area contributed by atoms with E-state index in [4.69, 9.17) is 9.73 Å². The maximum atomic E-state index is 12.8. The van der Waals surface area contributed by atoms with E-state index in [0.29, 0.717) is 18.6 Å². The van der Waals surface area contributed by atoms with Crippen LogP contribution in [0.3, 0.4) is 0 Å². The summed E-state index contributed by atoms with van der Waals surface area (Å²) < 4.78 is 6.38. The lowest BCUT2D eigenvalue weighted by atomic mass is 10.1. The van der Waals surface area contributed by atoms with Crippen molar-refractivity contribution in [2.24, 2.45) is 4.99 Å². The standard InChI is InChI=1S/C28H30BrN3O3/c1-18(32(2)25(17-35-3)19-7-5-4-6-8-19)30-23-14-11-21-15-26(33)27(24(21)16-23)31-28(34)20-9-12-22(29)13-10-20/h4-14,16,25-27,33H,15,17H2,1-3H3,(H,31,34)/t25-,26+,27+/m0/s1. The number of carbonyl (C=O) groups is 1. The van der Waals surface area contributed by atoms with E-state index in [2.05, 4.69) is 38.3 Å². The van der Waals surface area contributed by atoms with Crippen LogP contribution in [0.2, 0.25) is 0 Å². The quantitative estimate of drug-likeness (QED) is 0.322. The summed E-state index contributed by atoms with van der Waals surface area (Å²) in [5.74, 6) is 0.620. The van der Waals surface area contributed by atoms with Gasteiger partial charge in [0, 0.05) is 30.6 Å². The van der Waals surface area contributed by atoms with Crippen molar-refractivity contribution in [1.82, 2.24) is 10.2 Å². The van der Waals surface area contributed by atoms with Gasteiger partial charge in [0.2, 0.25) is 0 Å². The van der Waals surface area contributed by atoms with Gasteiger partial charge in [0.15, 0.2) is 0 Å². The number of ether oxygens (including phenoxy) is 1.